The van der Waals surface area contributed by atoms with Gasteiger partial charge < -0.3 is 20.3 Å². The average Bonchev–Trinajstić information content (AvgIpc) is 3.30. The third-order valence-corrected chi connectivity index (χ3v) is 5.08. The molecular formula is C19H39IN4O. The van der Waals surface area contributed by atoms with Gasteiger partial charge in [0.1, 0.15) is 0 Å². The van der Waals surface area contributed by atoms with Crippen LogP contribution in [-0.2, 0) is 4.74 Å². The molecule has 2 rings (SSSR count). The molecule has 0 radical (unpaired) electrons. The standard InChI is InChI=1S/C19H38N4O.HI/c1-5-20-19(21-11-9-18(15(3)4)24-6-2)22-13-16-10-12-23(14-16)17-7-8-17;/h15-18H,5-14H2,1-4H3,(H2,20,21,22);1H. The van der Waals surface area contributed by atoms with Crippen molar-refractivity contribution in [3.05, 3.63) is 0 Å². The number of nitrogens with zero attached hydrogens (tertiary/aromatic N) is 2. The van der Waals surface area contributed by atoms with Crippen molar-refractivity contribution in [1.82, 2.24) is 15.5 Å². The molecular weight excluding hydrogens is 427 g/mol. The van der Waals surface area contributed by atoms with Crippen LogP contribution in [0.2, 0.25) is 0 Å². The fraction of sp³-hybridized carbons (Fsp3) is 0.947. The van der Waals surface area contributed by atoms with E-state index in [0.717, 1.165) is 50.6 Å². The van der Waals surface area contributed by atoms with Gasteiger partial charge in [0.2, 0.25) is 0 Å². The Labute approximate surface area is 171 Å². The van der Waals surface area contributed by atoms with E-state index in [-0.39, 0.29) is 24.0 Å². The highest BCUT2D eigenvalue weighted by molar-refractivity contribution is 14.0. The summed E-state index contributed by atoms with van der Waals surface area (Å²) in [5.74, 6) is 2.24. The van der Waals surface area contributed by atoms with Gasteiger partial charge in [-0.1, -0.05) is 13.8 Å². The molecule has 1 saturated carbocycles. The second kappa shape index (κ2) is 12.3. The van der Waals surface area contributed by atoms with Crippen molar-refractivity contribution in [2.75, 3.05) is 39.3 Å². The second-order valence-corrected chi connectivity index (χ2v) is 7.55. The number of likely N-dealkylation sites (tertiary alicyclic amines) is 1. The summed E-state index contributed by atoms with van der Waals surface area (Å²) in [6.07, 6.45) is 5.48. The predicted octanol–water partition coefficient (Wildman–Crippen LogP) is 3.10. The molecule has 148 valence electrons. The summed E-state index contributed by atoms with van der Waals surface area (Å²) in [6, 6.07) is 0.900. The highest BCUT2D eigenvalue weighted by Crippen LogP contribution is 2.31. The number of ether oxygens (including phenoxy) is 1. The Morgan fingerprint density at radius 2 is 1.96 bits per heavy atom. The molecule has 2 N–H and O–H groups in total. The SMILES string of the molecule is CCNC(=NCC1CCN(C2CC2)C1)NCCC(OCC)C(C)C.I. The smallest absolute Gasteiger partial charge is 0.191 e. The average molecular weight is 466 g/mol. The van der Waals surface area contributed by atoms with Gasteiger partial charge in [-0.15, -0.1) is 24.0 Å². The minimum Gasteiger partial charge on any atom is -0.378 e. The van der Waals surface area contributed by atoms with Gasteiger partial charge >= 0.3 is 0 Å². The molecule has 1 saturated heterocycles. The van der Waals surface area contributed by atoms with Crippen molar-refractivity contribution in [1.29, 1.82) is 0 Å². The van der Waals surface area contributed by atoms with E-state index in [2.05, 4.69) is 43.2 Å². The zero-order chi connectivity index (χ0) is 17.4. The van der Waals surface area contributed by atoms with Crippen LogP contribution in [0.3, 0.4) is 0 Å². The van der Waals surface area contributed by atoms with Crippen molar-refractivity contribution in [3.63, 3.8) is 0 Å². The van der Waals surface area contributed by atoms with Crippen LogP contribution in [0.25, 0.3) is 0 Å². The highest BCUT2D eigenvalue weighted by atomic mass is 127. The van der Waals surface area contributed by atoms with Crippen LogP contribution in [0, 0.1) is 11.8 Å². The molecule has 0 spiro atoms. The van der Waals surface area contributed by atoms with E-state index < -0.39 is 0 Å². The lowest BCUT2D eigenvalue weighted by Crippen LogP contribution is -2.39. The van der Waals surface area contributed by atoms with E-state index in [0.29, 0.717) is 12.0 Å². The van der Waals surface area contributed by atoms with E-state index in [9.17, 15) is 0 Å². The molecule has 1 aliphatic carbocycles. The monoisotopic (exact) mass is 466 g/mol. The first-order valence-corrected chi connectivity index (χ1v) is 10.0. The van der Waals surface area contributed by atoms with Gasteiger partial charge in [-0.2, -0.15) is 0 Å². The molecule has 2 fully saturated rings. The summed E-state index contributed by atoms with van der Waals surface area (Å²) in [6.45, 7) is 14.7. The lowest BCUT2D eigenvalue weighted by Gasteiger charge is -2.21. The van der Waals surface area contributed by atoms with Gasteiger partial charge in [-0.3, -0.25) is 4.99 Å². The van der Waals surface area contributed by atoms with Gasteiger partial charge in [0.15, 0.2) is 5.96 Å². The largest absolute Gasteiger partial charge is 0.378 e. The van der Waals surface area contributed by atoms with E-state index in [1.54, 1.807) is 0 Å². The maximum Gasteiger partial charge on any atom is 0.191 e. The van der Waals surface area contributed by atoms with E-state index in [4.69, 9.17) is 9.73 Å². The van der Waals surface area contributed by atoms with Gasteiger partial charge in [0, 0.05) is 38.8 Å². The van der Waals surface area contributed by atoms with Crippen LogP contribution in [0.1, 0.15) is 53.4 Å². The Balaban J connectivity index is 0.00000312. The molecule has 0 amide bonds. The molecule has 6 heteroatoms. The lowest BCUT2D eigenvalue weighted by atomic mass is 10.0. The fourth-order valence-electron chi connectivity index (χ4n) is 3.50. The van der Waals surface area contributed by atoms with Crippen molar-refractivity contribution < 1.29 is 4.74 Å². The topological polar surface area (TPSA) is 48.9 Å². The van der Waals surface area contributed by atoms with E-state index >= 15 is 0 Å². The normalized spacial score (nSPS) is 22.8. The Bertz CT molecular complexity index is 388. The zero-order valence-corrected chi connectivity index (χ0v) is 18.9. The van der Waals surface area contributed by atoms with Crippen LogP contribution in [0.15, 0.2) is 4.99 Å². The molecule has 0 aromatic heterocycles. The first-order valence-electron chi connectivity index (χ1n) is 10.0. The summed E-state index contributed by atoms with van der Waals surface area (Å²) in [5, 5.41) is 6.85. The second-order valence-electron chi connectivity index (χ2n) is 7.55. The molecule has 5 nitrogen and oxygen atoms in total. The molecule has 1 aliphatic heterocycles. The number of guanidine groups is 1. The molecule has 25 heavy (non-hydrogen) atoms. The Kier molecular flexibility index (Phi) is 11.3. The summed E-state index contributed by atoms with van der Waals surface area (Å²) in [4.78, 5) is 7.49. The minimum atomic E-state index is 0. The van der Waals surface area contributed by atoms with Gasteiger partial charge in [-0.25, -0.2) is 0 Å². The Morgan fingerprint density at radius 3 is 2.56 bits per heavy atom. The molecule has 2 unspecified atom stereocenters. The van der Waals surface area contributed by atoms with Gasteiger partial charge in [-0.05, 0) is 57.9 Å². The van der Waals surface area contributed by atoms with E-state index in [1.165, 1.54) is 32.4 Å². The Hall–Kier alpha value is -0.0800. The highest BCUT2D eigenvalue weighted by Gasteiger charge is 2.34. The van der Waals surface area contributed by atoms with Crippen LogP contribution in [0.5, 0.6) is 0 Å². The molecule has 2 aliphatic rings. The maximum atomic E-state index is 5.82. The third kappa shape index (κ3) is 8.43. The number of hydrogen-bond acceptors (Lipinski definition) is 3. The van der Waals surface area contributed by atoms with Crippen molar-refractivity contribution in [2.45, 2.75) is 65.5 Å². The Morgan fingerprint density at radius 1 is 1.20 bits per heavy atom. The van der Waals surface area contributed by atoms with Crippen molar-refractivity contribution in [3.8, 4) is 0 Å². The molecule has 1 heterocycles. The zero-order valence-electron chi connectivity index (χ0n) is 16.6. The maximum absolute atomic E-state index is 5.82. The van der Waals surface area contributed by atoms with Crippen LogP contribution >= 0.6 is 24.0 Å². The number of rotatable bonds is 10. The van der Waals surface area contributed by atoms with Crippen LogP contribution in [-0.4, -0.2) is 62.3 Å². The van der Waals surface area contributed by atoms with Gasteiger partial charge in [0.25, 0.3) is 0 Å². The number of nitrogens with one attached hydrogen (secondary N) is 2. The van der Waals surface area contributed by atoms with Crippen molar-refractivity contribution in [2.24, 2.45) is 16.8 Å². The molecule has 0 aromatic carbocycles. The number of aliphatic imine (C=N–C) groups is 1. The van der Waals surface area contributed by atoms with Crippen LogP contribution < -0.4 is 10.6 Å². The predicted molar refractivity (Wildman–Crippen MR) is 117 cm³/mol. The summed E-state index contributed by atoms with van der Waals surface area (Å²) in [7, 11) is 0. The first-order chi connectivity index (χ1) is 11.6. The molecule has 0 bridgehead atoms. The van der Waals surface area contributed by atoms with E-state index in [1.807, 2.05) is 0 Å². The third-order valence-electron chi connectivity index (χ3n) is 5.08. The van der Waals surface area contributed by atoms with Gasteiger partial charge in [0.05, 0.1) is 6.10 Å². The minimum absolute atomic E-state index is 0. The van der Waals surface area contributed by atoms with Crippen LogP contribution in [0.4, 0.5) is 0 Å². The molecule has 0 aromatic rings. The lowest BCUT2D eigenvalue weighted by molar-refractivity contribution is 0.0258. The summed E-state index contributed by atoms with van der Waals surface area (Å²) >= 11 is 0. The number of halogens is 1. The number of hydrogen-bond donors (Lipinski definition) is 2. The summed E-state index contributed by atoms with van der Waals surface area (Å²) < 4.78 is 5.82. The summed E-state index contributed by atoms with van der Waals surface area (Å²) in [5.41, 5.74) is 0. The quantitative estimate of drug-likeness (QED) is 0.295. The molecule has 2 atom stereocenters. The fourth-order valence-corrected chi connectivity index (χ4v) is 3.50. The first kappa shape index (κ1) is 23.0. The van der Waals surface area contributed by atoms with Crippen molar-refractivity contribution >= 4 is 29.9 Å².